The molecule has 0 radical (unpaired) electrons. The Morgan fingerprint density at radius 3 is 2.22 bits per heavy atom. The summed E-state index contributed by atoms with van der Waals surface area (Å²) in [4.78, 5) is 37.9. The van der Waals surface area contributed by atoms with E-state index in [1.54, 1.807) is 56.8 Å². The molecule has 0 aliphatic heterocycles. The van der Waals surface area contributed by atoms with Crippen LogP contribution < -0.4 is 15.4 Å². The molecule has 1 unspecified atom stereocenters. The standard InChI is InChI=1S/C23H32N4O5/c1-8-31-18-11-9-17(10-12-18)22(29)24-19(13(2)3)23(30)32-16(6)21(28)25-20-14(4)26-27(7)15(20)5/h9-13,16,19H,8H2,1-7H3,(H,24,29)(H,25,28)/t16?,19-/m0/s1. The van der Waals surface area contributed by atoms with Crippen LogP contribution in [0.4, 0.5) is 5.69 Å². The first-order valence-electron chi connectivity index (χ1n) is 10.6. The Bertz CT molecular complexity index is 966. The number of ether oxygens (including phenoxy) is 2. The second-order valence-corrected chi connectivity index (χ2v) is 7.89. The maximum atomic E-state index is 12.7. The summed E-state index contributed by atoms with van der Waals surface area (Å²) >= 11 is 0. The first-order valence-corrected chi connectivity index (χ1v) is 10.6. The van der Waals surface area contributed by atoms with E-state index in [-0.39, 0.29) is 5.92 Å². The van der Waals surface area contributed by atoms with Crippen molar-refractivity contribution in [3.63, 3.8) is 0 Å². The van der Waals surface area contributed by atoms with Gasteiger partial charge in [0.2, 0.25) is 0 Å². The molecular weight excluding hydrogens is 412 g/mol. The lowest BCUT2D eigenvalue weighted by molar-refractivity contribution is -0.156. The number of anilines is 1. The van der Waals surface area contributed by atoms with Crippen LogP contribution in [0.2, 0.25) is 0 Å². The number of carbonyl (C=O) groups is 3. The smallest absolute Gasteiger partial charge is 0.329 e. The minimum absolute atomic E-state index is 0.243. The highest BCUT2D eigenvalue weighted by molar-refractivity contribution is 5.98. The van der Waals surface area contributed by atoms with Crippen LogP contribution in [0.25, 0.3) is 0 Å². The topological polar surface area (TPSA) is 112 Å². The number of hydrogen-bond donors (Lipinski definition) is 2. The predicted octanol–water partition coefficient (Wildman–Crippen LogP) is 2.76. The van der Waals surface area contributed by atoms with Crippen LogP contribution in [-0.2, 0) is 21.4 Å². The van der Waals surface area contributed by atoms with Crippen molar-refractivity contribution >= 4 is 23.5 Å². The largest absolute Gasteiger partial charge is 0.494 e. The van der Waals surface area contributed by atoms with Crippen molar-refractivity contribution in [3.05, 3.63) is 41.2 Å². The molecular formula is C23H32N4O5. The van der Waals surface area contributed by atoms with E-state index >= 15 is 0 Å². The van der Waals surface area contributed by atoms with Gasteiger partial charge in [0.05, 0.1) is 23.7 Å². The van der Waals surface area contributed by atoms with E-state index in [4.69, 9.17) is 9.47 Å². The highest BCUT2D eigenvalue weighted by Gasteiger charge is 2.29. The molecule has 2 rings (SSSR count). The molecule has 0 aliphatic carbocycles. The molecule has 174 valence electrons. The molecule has 2 amide bonds. The van der Waals surface area contributed by atoms with Crippen molar-refractivity contribution in [1.82, 2.24) is 15.1 Å². The normalized spacial score (nSPS) is 12.8. The van der Waals surface area contributed by atoms with Gasteiger partial charge in [-0.1, -0.05) is 13.8 Å². The second kappa shape index (κ2) is 10.8. The molecule has 1 heterocycles. The van der Waals surface area contributed by atoms with Crippen molar-refractivity contribution in [3.8, 4) is 5.75 Å². The third-order valence-electron chi connectivity index (χ3n) is 5.05. The molecule has 9 heteroatoms. The Labute approximate surface area is 188 Å². The molecule has 0 fully saturated rings. The van der Waals surface area contributed by atoms with Crippen LogP contribution in [0.15, 0.2) is 24.3 Å². The van der Waals surface area contributed by atoms with Gasteiger partial charge in [-0.3, -0.25) is 14.3 Å². The summed E-state index contributed by atoms with van der Waals surface area (Å²) in [7, 11) is 1.78. The van der Waals surface area contributed by atoms with E-state index in [2.05, 4.69) is 15.7 Å². The number of amides is 2. The summed E-state index contributed by atoms with van der Waals surface area (Å²) < 4.78 is 12.4. The Hall–Kier alpha value is -3.36. The number of esters is 1. The monoisotopic (exact) mass is 444 g/mol. The van der Waals surface area contributed by atoms with E-state index in [0.717, 1.165) is 5.69 Å². The van der Waals surface area contributed by atoms with Crippen molar-refractivity contribution in [2.75, 3.05) is 11.9 Å². The molecule has 0 aliphatic rings. The van der Waals surface area contributed by atoms with Gasteiger partial charge in [-0.15, -0.1) is 0 Å². The lowest BCUT2D eigenvalue weighted by Gasteiger charge is -2.23. The molecule has 1 aromatic heterocycles. The van der Waals surface area contributed by atoms with Crippen LogP contribution in [0.5, 0.6) is 5.75 Å². The summed E-state index contributed by atoms with van der Waals surface area (Å²) in [5, 5.41) is 9.71. The number of hydrogen-bond acceptors (Lipinski definition) is 6. The summed E-state index contributed by atoms with van der Waals surface area (Å²) in [6, 6.07) is 5.72. The number of nitrogens with one attached hydrogen (secondary N) is 2. The first kappa shape index (κ1) is 24.9. The Kier molecular flexibility index (Phi) is 8.40. The van der Waals surface area contributed by atoms with Gasteiger partial charge in [0, 0.05) is 12.6 Å². The summed E-state index contributed by atoms with van der Waals surface area (Å²) in [5.41, 5.74) is 2.43. The number of aromatic nitrogens is 2. The molecule has 9 nitrogen and oxygen atoms in total. The third-order valence-corrected chi connectivity index (χ3v) is 5.05. The fourth-order valence-corrected chi connectivity index (χ4v) is 3.07. The molecule has 0 bridgehead atoms. The Morgan fingerprint density at radius 1 is 1.09 bits per heavy atom. The average molecular weight is 445 g/mol. The molecule has 0 saturated carbocycles. The van der Waals surface area contributed by atoms with Crippen LogP contribution in [0.1, 0.15) is 49.4 Å². The van der Waals surface area contributed by atoms with Gasteiger partial charge in [0.15, 0.2) is 6.10 Å². The van der Waals surface area contributed by atoms with E-state index < -0.39 is 29.9 Å². The van der Waals surface area contributed by atoms with E-state index in [9.17, 15) is 14.4 Å². The van der Waals surface area contributed by atoms with Crippen molar-refractivity contribution in [1.29, 1.82) is 0 Å². The van der Waals surface area contributed by atoms with Crippen LogP contribution in [0.3, 0.4) is 0 Å². The zero-order chi connectivity index (χ0) is 24.0. The average Bonchev–Trinajstić information content (AvgIpc) is 2.98. The number of nitrogens with zero attached hydrogens (tertiary/aromatic N) is 2. The van der Waals surface area contributed by atoms with Crippen LogP contribution >= 0.6 is 0 Å². The highest BCUT2D eigenvalue weighted by Crippen LogP contribution is 2.19. The molecule has 32 heavy (non-hydrogen) atoms. The minimum Gasteiger partial charge on any atom is -0.494 e. The third kappa shape index (κ3) is 6.09. The molecule has 0 saturated heterocycles. The Balaban J connectivity index is 2.02. The summed E-state index contributed by atoms with van der Waals surface area (Å²) in [6.45, 7) is 11.1. The van der Waals surface area contributed by atoms with E-state index in [1.165, 1.54) is 6.92 Å². The quantitative estimate of drug-likeness (QED) is 0.575. The fourth-order valence-electron chi connectivity index (χ4n) is 3.07. The maximum Gasteiger partial charge on any atom is 0.329 e. The maximum absolute atomic E-state index is 12.7. The number of benzene rings is 1. The molecule has 0 spiro atoms. The van der Waals surface area contributed by atoms with Crippen molar-refractivity contribution in [2.24, 2.45) is 13.0 Å². The first-order chi connectivity index (χ1) is 15.0. The van der Waals surface area contributed by atoms with Crippen LogP contribution in [-0.4, -0.2) is 46.3 Å². The van der Waals surface area contributed by atoms with Gasteiger partial charge in [-0.2, -0.15) is 5.10 Å². The van der Waals surface area contributed by atoms with E-state index in [0.29, 0.717) is 29.3 Å². The zero-order valence-corrected chi connectivity index (χ0v) is 19.7. The molecule has 1 aromatic carbocycles. The van der Waals surface area contributed by atoms with E-state index in [1.807, 2.05) is 13.8 Å². The van der Waals surface area contributed by atoms with Gasteiger partial charge < -0.3 is 20.1 Å². The fraction of sp³-hybridized carbons (Fsp3) is 0.478. The number of aryl methyl sites for hydroxylation is 2. The Morgan fingerprint density at radius 2 is 1.72 bits per heavy atom. The van der Waals surface area contributed by atoms with Crippen LogP contribution in [0, 0.1) is 19.8 Å². The van der Waals surface area contributed by atoms with Crippen molar-refractivity contribution < 1.29 is 23.9 Å². The van der Waals surface area contributed by atoms with Gasteiger partial charge in [0.25, 0.3) is 11.8 Å². The molecule has 2 aromatic rings. The highest BCUT2D eigenvalue weighted by atomic mass is 16.5. The number of carbonyl (C=O) groups excluding carboxylic acids is 3. The van der Waals surface area contributed by atoms with Gasteiger partial charge in [-0.05, 0) is 57.9 Å². The molecule has 2 atom stereocenters. The number of rotatable bonds is 9. The molecule has 2 N–H and O–H groups in total. The minimum atomic E-state index is -1.05. The lowest BCUT2D eigenvalue weighted by atomic mass is 10.0. The zero-order valence-electron chi connectivity index (χ0n) is 19.7. The van der Waals surface area contributed by atoms with Gasteiger partial charge >= 0.3 is 5.97 Å². The summed E-state index contributed by atoms with van der Waals surface area (Å²) in [5.74, 6) is -1.16. The SMILES string of the molecule is CCOc1ccc(C(=O)N[C@H](C(=O)OC(C)C(=O)Nc2c(C)nn(C)c2C)C(C)C)cc1. The van der Waals surface area contributed by atoms with Gasteiger partial charge in [-0.25, -0.2) is 4.79 Å². The summed E-state index contributed by atoms with van der Waals surface area (Å²) in [6.07, 6.45) is -1.05. The van der Waals surface area contributed by atoms with Crippen molar-refractivity contribution in [2.45, 2.75) is 53.7 Å². The van der Waals surface area contributed by atoms with Gasteiger partial charge in [0.1, 0.15) is 11.8 Å². The predicted molar refractivity (Wildman–Crippen MR) is 121 cm³/mol. The second-order valence-electron chi connectivity index (χ2n) is 7.89. The lowest BCUT2D eigenvalue weighted by Crippen LogP contribution is -2.47.